The second-order valence-corrected chi connectivity index (χ2v) is 4.16. The van der Waals surface area contributed by atoms with Crippen molar-refractivity contribution in [2.75, 3.05) is 0 Å². The van der Waals surface area contributed by atoms with Crippen LogP contribution in [0.5, 0.6) is 5.75 Å². The summed E-state index contributed by atoms with van der Waals surface area (Å²) >= 11 is 0. The SMILES string of the molecule is Cc1ccccc1OCc1ccc(F)cc1C(=O)O. The highest BCUT2D eigenvalue weighted by Gasteiger charge is 2.12. The largest absolute Gasteiger partial charge is 0.489 e. The van der Waals surface area contributed by atoms with Crippen molar-refractivity contribution in [1.29, 1.82) is 0 Å². The number of rotatable bonds is 4. The number of aromatic carboxylic acids is 1. The van der Waals surface area contributed by atoms with E-state index in [9.17, 15) is 9.18 Å². The number of para-hydroxylation sites is 1. The van der Waals surface area contributed by atoms with Gasteiger partial charge in [0.25, 0.3) is 0 Å². The standard InChI is InChI=1S/C15H13FO3/c1-10-4-2-3-5-14(10)19-9-11-6-7-12(16)8-13(11)15(17)18/h2-8H,9H2,1H3,(H,17,18). The molecule has 0 bridgehead atoms. The summed E-state index contributed by atoms with van der Waals surface area (Å²) in [7, 11) is 0. The maximum atomic E-state index is 13.0. The van der Waals surface area contributed by atoms with Gasteiger partial charge in [-0.2, -0.15) is 0 Å². The van der Waals surface area contributed by atoms with Crippen LogP contribution >= 0.6 is 0 Å². The van der Waals surface area contributed by atoms with Crippen molar-refractivity contribution in [3.05, 3.63) is 65.0 Å². The van der Waals surface area contributed by atoms with Crippen LogP contribution in [-0.4, -0.2) is 11.1 Å². The molecule has 98 valence electrons. The molecule has 4 heteroatoms. The van der Waals surface area contributed by atoms with Gasteiger partial charge in [0, 0.05) is 5.56 Å². The lowest BCUT2D eigenvalue weighted by Crippen LogP contribution is -2.06. The Kier molecular flexibility index (Phi) is 3.80. The number of halogens is 1. The summed E-state index contributed by atoms with van der Waals surface area (Å²) in [6.45, 7) is 1.99. The second-order valence-electron chi connectivity index (χ2n) is 4.16. The third-order valence-corrected chi connectivity index (χ3v) is 2.78. The van der Waals surface area contributed by atoms with Crippen LogP contribution in [0.1, 0.15) is 21.5 Å². The summed E-state index contributed by atoms with van der Waals surface area (Å²) in [6.07, 6.45) is 0. The van der Waals surface area contributed by atoms with E-state index in [0.717, 1.165) is 11.6 Å². The van der Waals surface area contributed by atoms with Crippen LogP contribution in [0.15, 0.2) is 42.5 Å². The molecule has 0 aliphatic heterocycles. The molecule has 0 saturated carbocycles. The Labute approximate surface area is 110 Å². The molecule has 0 heterocycles. The van der Waals surface area contributed by atoms with Crippen LogP contribution in [0.2, 0.25) is 0 Å². The van der Waals surface area contributed by atoms with Gasteiger partial charge in [-0.05, 0) is 30.7 Å². The van der Waals surface area contributed by atoms with Crippen molar-refractivity contribution in [1.82, 2.24) is 0 Å². The van der Waals surface area contributed by atoms with E-state index in [-0.39, 0.29) is 12.2 Å². The van der Waals surface area contributed by atoms with Crippen LogP contribution in [0.25, 0.3) is 0 Å². The molecule has 0 radical (unpaired) electrons. The lowest BCUT2D eigenvalue weighted by Gasteiger charge is -2.10. The molecule has 0 unspecified atom stereocenters. The molecule has 2 rings (SSSR count). The molecule has 0 amide bonds. The number of hydrogen-bond donors (Lipinski definition) is 1. The molecule has 0 aromatic heterocycles. The van der Waals surface area contributed by atoms with Gasteiger partial charge in [-0.1, -0.05) is 24.3 Å². The van der Waals surface area contributed by atoms with Gasteiger partial charge in [0.15, 0.2) is 0 Å². The molecule has 0 aliphatic rings. The van der Waals surface area contributed by atoms with Crippen molar-refractivity contribution in [3.8, 4) is 5.75 Å². The maximum Gasteiger partial charge on any atom is 0.336 e. The zero-order chi connectivity index (χ0) is 13.8. The fourth-order valence-electron chi connectivity index (χ4n) is 1.75. The smallest absolute Gasteiger partial charge is 0.336 e. The van der Waals surface area contributed by atoms with Crippen molar-refractivity contribution in [2.24, 2.45) is 0 Å². The predicted molar refractivity (Wildman–Crippen MR) is 68.9 cm³/mol. The second kappa shape index (κ2) is 5.52. The average Bonchev–Trinajstić information content (AvgIpc) is 2.38. The number of ether oxygens (including phenoxy) is 1. The summed E-state index contributed by atoms with van der Waals surface area (Å²) in [5.74, 6) is -1.05. The molecule has 0 spiro atoms. The average molecular weight is 260 g/mol. The number of carboxylic acid groups (broad SMARTS) is 1. The molecule has 2 aromatic rings. The fourth-order valence-corrected chi connectivity index (χ4v) is 1.75. The third-order valence-electron chi connectivity index (χ3n) is 2.78. The molecule has 0 fully saturated rings. The lowest BCUT2D eigenvalue weighted by atomic mass is 10.1. The first-order valence-electron chi connectivity index (χ1n) is 5.78. The molecular weight excluding hydrogens is 247 g/mol. The zero-order valence-electron chi connectivity index (χ0n) is 10.4. The molecule has 0 aliphatic carbocycles. The number of carboxylic acids is 1. The Hall–Kier alpha value is -2.36. The number of carbonyl (C=O) groups is 1. The van der Waals surface area contributed by atoms with E-state index < -0.39 is 11.8 Å². The first-order valence-corrected chi connectivity index (χ1v) is 5.78. The van der Waals surface area contributed by atoms with E-state index in [2.05, 4.69) is 0 Å². The van der Waals surface area contributed by atoms with Crippen LogP contribution in [0.3, 0.4) is 0 Å². The van der Waals surface area contributed by atoms with Gasteiger partial charge in [0.05, 0.1) is 5.56 Å². The fraction of sp³-hybridized carbons (Fsp3) is 0.133. The first kappa shape index (κ1) is 13.1. The third kappa shape index (κ3) is 3.10. The highest BCUT2D eigenvalue weighted by Crippen LogP contribution is 2.19. The van der Waals surface area contributed by atoms with Gasteiger partial charge in [-0.3, -0.25) is 0 Å². The van der Waals surface area contributed by atoms with Gasteiger partial charge in [-0.15, -0.1) is 0 Å². The van der Waals surface area contributed by atoms with E-state index in [0.29, 0.717) is 11.3 Å². The van der Waals surface area contributed by atoms with Gasteiger partial charge < -0.3 is 9.84 Å². The Morgan fingerprint density at radius 3 is 2.68 bits per heavy atom. The minimum absolute atomic E-state index is 0.0754. The van der Waals surface area contributed by atoms with Crippen molar-refractivity contribution in [2.45, 2.75) is 13.5 Å². The van der Waals surface area contributed by atoms with E-state index in [1.54, 1.807) is 6.07 Å². The van der Waals surface area contributed by atoms with E-state index in [1.807, 2.05) is 25.1 Å². The Morgan fingerprint density at radius 1 is 1.26 bits per heavy atom. The number of benzene rings is 2. The maximum absolute atomic E-state index is 13.0. The van der Waals surface area contributed by atoms with Gasteiger partial charge in [0.2, 0.25) is 0 Å². The van der Waals surface area contributed by atoms with Crippen LogP contribution in [-0.2, 0) is 6.61 Å². The Morgan fingerprint density at radius 2 is 2.00 bits per heavy atom. The lowest BCUT2D eigenvalue weighted by molar-refractivity contribution is 0.0693. The van der Waals surface area contributed by atoms with Gasteiger partial charge in [0.1, 0.15) is 18.2 Å². The Bertz CT molecular complexity index is 608. The summed E-state index contributed by atoms with van der Waals surface area (Å²) in [5.41, 5.74) is 1.33. The van der Waals surface area contributed by atoms with Gasteiger partial charge in [-0.25, -0.2) is 9.18 Å². The highest BCUT2D eigenvalue weighted by atomic mass is 19.1. The topological polar surface area (TPSA) is 46.5 Å². The van der Waals surface area contributed by atoms with E-state index >= 15 is 0 Å². The molecule has 0 saturated heterocycles. The van der Waals surface area contributed by atoms with Gasteiger partial charge >= 0.3 is 5.97 Å². The minimum Gasteiger partial charge on any atom is -0.489 e. The number of hydrogen-bond acceptors (Lipinski definition) is 2. The Balaban J connectivity index is 2.20. The highest BCUT2D eigenvalue weighted by molar-refractivity contribution is 5.89. The minimum atomic E-state index is -1.16. The summed E-state index contributed by atoms with van der Waals surface area (Å²) in [4.78, 5) is 11.0. The first-order chi connectivity index (χ1) is 9.08. The zero-order valence-corrected chi connectivity index (χ0v) is 10.4. The van der Waals surface area contributed by atoms with Crippen LogP contribution in [0, 0.1) is 12.7 Å². The van der Waals surface area contributed by atoms with Crippen molar-refractivity contribution < 1.29 is 19.0 Å². The quantitative estimate of drug-likeness (QED) is 0.916. The van der Waals surface area contributed by atoms with Crippen LogP contribution < -0.4 is 4.74 Å². The monoisotopic (exact) mass is 260 g/mol. The van der Waals surface area contributed by atoms with Crippen molar-refractivity contribution >= 4 is 5.97 Å². The van der Waals surface area contributed by atoms with Crippen molar-refractivity contribution in [3.63, 3.8) is 0 Å². The van der Waals surface area contributed by atoms with E-state index in [4.69, 9.17) is 9.84 Å². The molecular formula is C15H13FO3. The molecule has 19 heavy (non-hydrogen) atoms. The van der Waals surface area contributed by atoms with E-state index in [1.165, 1.54) is 12.1 Å². The number of aryl methyl sites for hydroxylation is 1. The summed E-state index contributed by atoms with van der Waals surface area (Å²) in [5, 5.41) is 9.02. The van der Waals surface area contributed by atoms with Crippen LogP contribution in [0.4, 0.5) is 4.39 Å². The molecule has 3 nitrogen and oxygen atoms in total. The summed E-state index contributed by atoms with van der Waals surface area (Å²) in [6, 6.07) is 11.1. The normalized spacial score (nSPS) is 10.2. The molecule has 0 atom stereocenters. The summed E-state index contributed by atoms with van der Waals surface area (Å²) < 4.78 is 18.6. The molecule has 1 N–H and O–H groups in total. The predicted octanol–water partition coefficient (Wildman–Crippen LogP) is 3.41. The molecule has 2 aromatic carbocycles.